The minimum atomic E-state index is -0.191. The number of nitrogens with zero attached hydrogens (tertiary/aromatic N) is 2. The van der Waals surface area contributed by atoms with Crippen LogP contribution in [0.15, 0.2) is 89.2 Å². The quantitative estimate of drug-likeness (QED) is 0.532. The van der Waals surface area contributed by atoms with E-state index in [4.69, 9.17) is 0 Å². The average Bonchev–Trinajstić information content (AvgIpc) is 3.26. The Morgan fingerprint density at radius 1 is 0.931 bits per heavy atom. The van der Waals surface area contributed by atoms with Crippen LogP contribution in [0.2, 0.25) is 0 Å². The number of carbonyl (C=O) groups is 1. The summed E-state index contributed by atoms with van der Waals surface area (Å²) in [6.07, 6.45) is 1.77. The van der Waals surface area contributed by atoms with Gasteiger partial charge in [0.2, 0.25) is 0 Å². The monoisotopic (exact) mass is 401 g/mol. The summed E-state index contributed by atoms with van der Waals surface area (Å²) in [5.41, 5.74) is 3.42. The maximum atomic E-state index is 12.4. The molecule has 2 heterocycles. The highest BCUT2D eigenvalue weighted by Crippen LogP contribution is 2.23. The van der Waals surface area contributed by atoms with Crippen molar-refractivity contribution < 1.29 is 4.79 Å². The van der Waals surface area contributed by atoms with Gasteiger partial charge in [-0.15, -0.1) is 11.3 Å². The van der Waals surface area contributed by atoms with E-state index in [1.807, 2.05) is 60.7 Å². The van der Waals surface area contributed by atoms with E-state index in [2.05, 4.69) is 10.3 Å². The van der Waals surface area contributed by atoms with E-state index in [1.54, 1.807) is 28.3 Å². The maximum absolute atomic E-state index is 12.4. The third-order valence-electron chi connectivity index (χ3n) is 4.49. The third-order valence-corrected chi connectivity index (χ3v) is 5.38. The van der Waals surface area contributed by atoms with Crippen LogP contribution in [0.5, 0.6) is 0 Å². The second kappa shape index (κ2) is 8.67. The number of rotatable bonds is 6. The number of nitrogens with one attached hydrogen (secondary N) is 1. The summed E-state index contributed by atoms with van der Waals surface area (Å²) in [6, 6.07) is 22.8. The molecule has 1 amide bonds. The Bertz CT molecular complexity index is 1160. The predicted molar refractivity (Wildman–Crippen MR) is 115 cm³/mol. The molecule has 0 unspecified atom stereocenters. The van der Waals surface area contributed by atoms with Crippen LogP contribution in [-0.4, -0.2) is 15.5 Å². The van der Waals surface area contributed by atoms with Gasteiger partial charge in [-0.05, 0) is 17.2 Å². The fourth-order valence-corrected chi connectivity index (χ4v) is 3.72. The Hall–Kier alpha value is -3.51. The Kier molecular flexibility index (Phi) is 5.63. The van der Waals surface area contributed by atoms with Crippen LogP contribution < -0.4 is 10.9 Å². The van der Waals surface area contributed by atoms with Gasteiger partial charge in [0.05, 0.1) is 6.54 Å². The van der Waals surface area contributed by atoms with Gasteiger partial charge in [0.1, 0.15) is 10.7 Å². The molecule has 29 heavy (non-hydrogen) atoms. The summed E-state index contributed by atoms with van der Waals surface area (Å²) < 4.78 is 1.66. The molecule has 0 bridgehead atoms. The highest BCUT2D eigenvalue weighted by molar-refractivity contribution is 7.13. The van der Waals surface area contributed by atoms with E-state index < -0.39 is 0 Å². The molecule has 0 saturated heterocycles. The lowest BCUT2D eigenvalue weighted by atomic mass is 10.1. The normalized spacial score (nSPS) is 10.6. The Balaban J connectivity index is 1.35. The molecule has 0 aliphatic rings. The molecule has 4 aromatic rings. The minimum Gasteiger partial charge on any atom is -0.347 e. The summed E-state index contributed by atoms with van der Waals surface area (Å²) in [7, 11) is 0. The van der Waals surface area contributed by atoms with E-state index in [-0.39, 0.29) is 11.5 Å². The van der Waals surface area contributed by atoms with E-state index >= 15 is 0 Å². The van der Waals surface area contributed by atoms with Crippen LogP contribution in [0.25, 0.3) is 10.6 Å². The molecular formula is C23H19N3O2S. The molecule has 0 saturated carbocycles. The summed E-state index contributed by atoms with van der Waals surface area (Å²) in [4.78, 5) is 28.6. The van der Waals surface area contributed by atoms with Crippen LogP contribution in [-0.2, 0) is 13.1 Å². The van der Waals surface area contributed by atoms with E-state index in [9.17, 15) is 9.59 Å². The number of amides is 1. The van der Waals surface area contributed by atoms with Crippen LogP contribution in [0.3, 0.4) is 0 Å². The molecule has 6 heteroatoms. The lowest BCUT2D eigenvalue weighted by Gasteiger charge is -2.07. The fourth-order valence-electron chi connectivity index (χ4n) is 2.91. The number of aromatic nitrogens is 2. The second-order valence-electron chi connectivity index (χ2n) is 6.57. The predicted octanol–water partition coefficient (Wildman–Crippen LogP) is 3.95. The summed E-state index contributed by atoms with van der Waals surface area (Å²) >= 11 is 1.46. The van der Waals surface area contributed by atoms with Crippen molar-refractivity contribution in [1.29, 1.82) is 0 Å². The van der Waals surface area contributed by atoms with Crippen molar-refractivity contribution in [2.45, 2.75) is 13.1 Å². The summed E-state index contributed by atoms with van der Waals surface area (Å²) in [6.45, 7) is 0.940. The third kappa shape index (κ3) is 4.67. The van der Waals surface area contributed by atoms with Gasteiger partial charge >= 0.3 is 0 Å². The minimum absolute atomic E-state index is 0.0259. The van der Waals surface area contributed by atoms with Gasteiger partial charge in [-0.2, -0.15) is 0 Å². The van der Waals surface area contributed by atoms with E-state index in [0.717, 1.165) is 21.7 Å². The summed E-state index contributed by atoms with van der Waals surface area (Å²) in [5.74, 6) is -0.191. The molecular weight excluding hydrogens is 382 g/mol. The lowest BCUT2D eigenvalue weighted by Crippen LogP contribution is -2.23. The van der Waals surface area contributed by atoms with Crippen molar-refractivity contribution in [2.75, 3.05) is 0 Å². The first-order valence-corrected chi connectivity index (χ1v) is 10.1. The molecule has 4 rings (SSSR count). The van der Waals surface area contributed by atoms with Gasteiger partial charge in [-0.1, -0.05) is 60.7 Å². The summed E-state index contributed by atoms with van der Waals surface area (Å²) in [5, 5.41) is 5.51. The number of hydrogen-bond donors (Lipinski definition) is 1. The smallest absolute Gasteiger partial charge is 0.271 e. The topological polar surface area (TPSA) is 64.0 Å². The van der Waals surface area contributed by atoms with E-state index in [1.165, 1.54) is 11.3 Å². The molecule has 5 nitrogen and oxygen atoms in total. The highest BCUT2D eigenvalue weighted by Gasteiger charge is 2.11. The fraction of sp³-hybridized carbons (Fsp3) is 0.0870. The van der Waals surface area contributed by atoms with Gasteiger partial charge in [-0.25, -0.2) is 4.98 Å². The number of hydrogen-bond acceptors (Lipinski definition) is 4. The second-order valence-corrected chi connectivity index (χ2v) is 7.43. The molecule has 144 valence electrons. The number of pyridine rings is 1. The molecule has 0 aliphatic heterocycles. The van der Waals surface area contributed by atoms with Crippen LogP contribution in [0.4, 0.5) is 0 Å². The maximum Gasteiger partial charge on any atom is 0.271 e. The molecule has 2 aromatic heterocycles. The molecule has 0 aliphatic carbocycles. The van der Waals surface area contributed by atoms with Gasteiger partial charge in [0, 0.05) is 29.8 Å². The molecule has 1 N–H and O–H groups in total. The zero-order chi connectivity index (χ0) is 20.1. The van der Waals surface area contributed by atoms with E-state index in [0.29, 0.717) is 18.8 Å². The zero-order valence-electron chi connectivity index (χ0n) is 15.6. The highest BCUT2D eigenvalue weighted by atomic mass is 32.1. The molecule has 0 fully saturated rings. The van der Waals surface area contributed by atoms with Crippen molar-refractivity contribution in [3.63, 3.8) is 0 Å². The van der Waals surface area contributed by atoms with Crippen molar-refractivity contribution in [1.82, 2.24) is 14.9 Å². The first-order valence-electron chi connectivity index (χ1n) is 9.21. The largest absolute Gasteiger partial charge is 0.347 e. The first-order chi connectivity index (χ1) is 14.2. The van der Waals surface area contributed by atoms with Gasteiger partial charge in [-0.3, -0.25) is 9.59 Å². The van der Waals surface area contributed by atoms with Crippen LogP contribution >= 0.6 is 11.3 Å². The van der Waals surface area contributed by atoms with Gasteiger partial charge in [0.15, 0.2) is 0 Å². The van der Waals surface area contributed by atoms with Crippen molar-refractivity contribution >= 4 is 17.2 Å². The molecule has 0 spiro atoms. The molecule has 0 atom stereocenters. The lowest BCUT2D eigenvalue weighted by molar-refractivity contribution is 0.0946. The van der Waals surface area contributed by atoms with Crippen molar-refractivity contribution in [2.24, 2.45) is 0 Å². The van der Waals surface area contributed by atoms with Gasteiger partial charge < -0.3 is 9.88 Å². The standard InChI is InChI=1S/C23H19N3O2S/c27-21-8-4-5-13-26(21)15-18-11-9-17(10-12-18)14-24-22(28)20-16-29-23(25-20)19-6-2-1-3-7-19/h1-13,16H,14-15H2,(H,24,28). The van der Waals surface area contributed by atoms with Crippen LogP contribution in [0.1, 0.15) is 21.6 Å². The molecule has 2 aromatic carbocycles. The Morgan fingerprint density at radius 2 is 1.66 bits per heavy atom. The van der Waals surface area contributed by atoms with Crippen LogP contribution in [0, 0.1) is 0 Å². The Labute approximate surface area is 172 Å². The first kappa shape index (κ1) is 18.8. The molecule has 0 radical (unpaired) electrons. The van der Waals surface area contributed by atoms with Crippen molar-refractivity contribution in [3.05, 3.63) is 112 Å². The number of carbonyl (C=O) groups excluding carboxylic acids is 1. The zero-order valence-corrected chi connectivity index (χ0v) is 16.4. The average molecular weight is 401 g/mol. The number of thiazole rings is 1. The van der Waals surface area contributed by atoms with Crippen molar-refractivity contribution in [3.8, 4) is 10.6 Å². The Morgan fingerprint density at radius 3 is 2.41 bits per heavy atom. The van der Waals surface area contributed by atoms with Gasteiger partial charge in [0.25, 0.3) is 11.5 Å². The SMILES string of the molecule is O=C(NCc1ccc(Cn2ccccc2=O)cc1)c1csc(-c2ccccc2)n1. The number of benzene rings is 2.